The fourth-order valence-electron chi connectivity index (χ4n) is 2.22. The highest BCUT2D eigenvalue weighted by Gasteiger charge is 2.34. The van der Waals surface area contributed by atoms with E-state index in [0.717, 1.165) is 0 Å². The minimum Gasteiger partial charge on any atom is -0.465 e. The molecule has 0 saturated heterocycles. The van der Waals surface area contributed by atoms with Crippen LogP contribution < -0.4 is 15.8 Å². The number of halogens is 2. The molecule has 0 spiro atoms. The Morgan fingerprint density at radius 2 is 1.85 bits per heavy atom. The second-order valence-corrected chi connectivity index (χ2v) is 6.56. The fraction of sp³-hybridized carbons (Fsp3) is 0.412. The van der Waals surface area contributed by atoms with Crippen LogP contribution >= 0.6 is 0 Å². The first-order valence-corrected chi connectivity index (χ1v) is 7.84. The molecule has 26 heavy (non-hydrogen) atoms. The van der Waals surface area contributed by atoms with E-state index in [4.69, 9.17) is 4.74 Å². The van der Waals surface area contributed by atoms with E-state index in [1.54, 1.807) is 32.9 Å². The van der Waals surface area contributed by atoms with E-state index in [0.29, 0.717) is 11.3 Å². The molecule has 1 unspecified atom stereocenters. The number of esters is 1. The minimum absolute atomic E-state index is 0.0219. The van der Waals surface area contributed by atoms with Crippen LogP contribution in [0.25, 0.3) is 0 Å². The highest BCUT2D eigenvalue weighted by atomic mass is 19.3. The number of carbonyl (C=O) groups excluding carboxylic acids is 2. The molecule has 0 fully saturated rings. The van der Waals surface area contributed by atoms with Crippen molar-refractivity contribution in [2.45, 2.75) is 38.8 Å². The van der Waals surface area contributed by atoms with Gasteiger partial charge in [-0.25, -0.2) is 23.8 Å². The van der Waals surface area contributed by atoms with E-state index in [1.165, 1.54) is 30.5 Å². The van der Waals surface area contributed by atoms with Gasteiger partial charge in [-0.1, -0.05) is 0 Å². The summed E-state index contributed by atoms with van der Waals surface area (Å²) in [5.41, 5.74) is 2.65. The summed E-state index contributed by atoms with van der Waals surface area (Å²) in [5, 5.41) is 3.68. The van der Waals surface area contributed by atoms with Crippen molar-refractivity contribution >= 4 is 17.7 Å². The van der Waals surface area contributed by atoms with Crippen LogP contribution in [0.15, 0.2) is 36.2 Å². The summed E-state index contributed by atoms with van der Waals surface area (Å²) in [5.74, 6) is -0.501. The molecule has 1 aromatic carbocycles. The zero-order chi connectivity index (χ0) is 19.5. The maximum Gasteiger partial charge on any atom is 0.411 e. The Balaban J connectivity index is 2.16. The van der Waals surface area contributed by atoms with Crippen LogP contribution in [-0.4, -0.2) is 37.2 Å². The Morgan fingerprint density at radius 3 is 2.35 bits per heavy atom. The van der Waals surface area contributed by atoms with Crippen LogP contribution in [0.1, 0.15) is 31.1 Å². The lowest BCUT2D eigenvalue weighted by Gasteiger charge is -2.22. The normalized spacial score (nSPS) is 17.1. The van der Waals surface area contributed by atoms with Gasteiger partial charge in [0.1, 0.15) is 11.6 Å². The summed E-state index contributed by atoms with van der Waals surface area (Å²) in [7, 11) is 1.27. The van der Waals surface area contributed by atoms with Crippen LogP contribution in [-0.2, 0) is 9.47 Å². The molecule has 0 aliphatic carbocycles. The predicted octanol–water partition coefficient (Wildman–Crippen LogP) is 2.80. The molecule has 1 heterocycles. The number of rotatable bonds is 4. The monoisotopic (exact) mass is 369 g/mol. The van der Waals surface area contributed by atoms with Crippen molar-refractivity contribution in [2.24, 2.45) is 0 Å². The number of alkyl halides is 2. The van der Waals surface area contributed by atoms with Crippen LogP contribution in [0.4, 0.5) is 19.3 Å². The fourth-order valence-corrected chi connectivity index (χ4v) is 2.22. The number of anilines is 1. The number of amides is 1. The number of carbonyl (C=O) groups is 2. The van der Waals surface area contributed by atoms with Gasteiger partial charge in [0.15, 0.2) is 0 Å². The van der Waals surface area contributed by atoms with Crippen molar-refractivity contribution in [1.82, 2.24) is 10.7 Å². The molecule has 0 radical (unpaired) electrons. The van der Waals surface area contributed by atoms with Crippen molar-refractivity contribution in [2.75, 3.05) is 12.1 Å². The van der Waals surface area contributed by atoms with Gasteiger partial charge in [-0.15, -0.1) is 0 Å². The number of hydrogen-bond donors (Lipinski definition) is 2. The predicted molar refractivity (Wildman–Crippen MR) is 90.6 cm³/mol. The molecule has 7 nitrogen and oxygen atoms in total. The van der Waals surface area contributed by atoms with E-state index >= 15 is 0 Å². The maximum atomic E-state index is 13.3. The van der Waals surface area contributed by atoms with Gasteiger partial charge in [0, 0.05) is 6.20 Å². The van der Waals surface area contributed by atoms with Crippen molar-refractivity contribution in [1.29, 1.82) is 0 Å². The highest BCUT2D eigenvalue weighted by molar-refractivity contribution is 5.89. The number of ether oxygens (including phenoxy) is 2. The summed E-state index contributed by atoms with van der Waals surface area (Å²) in [6.07, 6.45) is -2.23. The van der Waals surface area contributed by atoms with Crippen molar-refractivity contribution in [3.05, 3.63) is 41.7 Å². The van der Waals surface area contributed by atoms with Crippen LogP contribution in [0.3, 0.4) is 0 Å². The van der Waals surface area contributed by atoms with Gasteiger partial charge >= 0.3 is 12.1 Å². The van der Waals surface area contributed by atoms with Crippen LogP contribution in [0.2, 0.25) is 0 Å². The van der Waals surface area contributed by atoms with Gasteiger partial charge in [0.05, 0.1) is 24.1 Å². The van der Waals surface area contributed by atoms with Gasteiger partial charge in [0.2, 0.25) is 0 Å². The second-order valence-electron chi connectivity index (χ2n) is 6.56. The lowest BCUT2D eigenvalue weighted by Crippen LogP contribution is -2.44. The van der Waals surface area contributed by atoms with Gasteiger partial charge in [0.25, 0.3) is 6.43 Å². The van der Waals surface area contributed by atoms with Gasteiger partial charge in [-0.2, -0.15) is 0 Å². The number of hydrogen-bond acceptors (Lipinski definition) is 6. The number of benzene rings is 1. The zero-order valence-electron chi connectivity index (χ0n) is 14.9. The Labute approximate surface area is 149 Å². The third-order valence-corrected chi connectivity index (χ3v) is 3.35. The molecule has 0 aromatic heterocycles. The van der Waals surface area contributed by atoms with Crippen molar-refractivity contribution in [3.63, 3.8) is 0 Å². The molecule has 2 N–H and O–H groups in total. The third kappa shape index (κ3) is 4.92. The molecule has 1 atom stereocenters. The molecule has 1 aliphatic rings. The lowest BCUT2D eigenvalue weighted by molar-refractivity contribution is 0.0528. The van der Waals surface area contributed by atoms with E-state index < -0.39 is 30.1 Å². The standard InChI is InChI=1S/C17H21F2N3O4/c1-17(2,3)26-16(24)20-12-9-22(21-13(12)14(18)19)11-7-5-10(6-8-11)15(23)25-4/h5-9,13-14,21H,1-4H3,(H,20,24). The Morgan fingerprint density at radius 1 is 1.23 bits per heavy atom. The quantitative estimate of drug-likeness (QED) is 0.795. The van der Waals surface area contributed by atoms with Crippen molar-refractivity contribution in [3.8, 4) is 0 Å². The summed E-state index contributed by atoms with van der Waals surface area (Å²) in [4.78, 5) is 23.3. The number of nitrogens with one attached hydrogen (secondary N) is 2. The van der Waals surface area contributed by atoms with Gasteiger partial charge in [-0.05, 0) is 45.0 Å². The average Bonchev–Trinajstić information content (AvgIpc) is 2.96. The first kappa shape index (κ1) is 19.6. The lowest BCUT2D eigenvalue weighted by atomic mass is 10.2. The maximum absolute atomic E-state index is 13.3. The molecule has 142 valence electrons. The van der Waals surface area contributed by atoms with Crippen LogP contribution in [0.5, 0.6) is 0 Å². The first-order valence-electron chi connectivity index (χ1n) is 7.84. The molecular weight excluding hydrogens is 348 g/mol. The summed E-state index contributed by atoms with van der Waals surface area (Å²) < 4.78 is 36.3. The molecule has 1 amide bonds. The van der Waals surface area contributed by atoms with Crippen LogP contribution in [0, 0.1) is 0 Å². The van der Waals surface area contributed by atoms with E-state index in [9.17, 15) is 18.4 Å². The van der Waals surface area contributed by atoms with Gasteiger partial charge in [-0.3, -0.25) is 10.3 Å². The Hall–Kier alpha value is -2.68. The minimum atomic E-state index is -2.75. The third-order valence-electron chi connectivity index (χ3n) is 3.35. The zero-order valence-corrected chi connectivity index (χ0v) is 14.9. The largest absolute Gasteiger partial charge is 0.465 e. The number of hydrazine groups is 1. The van der Waals surface area contributed by atoms with E-state index in [-0.39, 0.29) is 5.70 Å². The van der Waals surface area contributed by atoms with Gasteiger partial charge < -0.3 is 9.47 Å². The molecule has 0 saturated carbocycles. The summed E-state index contributed by atoms with van der Waals surface area (Å²) in [6, 6.07) is 4.74. The molecule has 2 rings (SSSR count). The molecular formula is C17H21F2N3O4. The smallest absolute Gasteiger partial charge is 0.411 e. The SMILES string of the molecule is COC(=O)c1ccc(N2C=C(NC(=O)OC(C)(C)C)C(C(F)F)N2)cc1. The van der Waals surface area contributed by atoms with E-state index in [1.807, 2.05) is 0 Å². The molecule has 1 aliphatic heterocycles. The number of nitrogens with zero attached hydrogens (tertiary/aromatic N) is 1. The number of methoxy groups -OCH3 is 1. The van der Waals surface area contributed by atoms with E-state index in [2.05, 4.69) is 15.5 Å². The topological polar surface area (TPSA) is 79.9 Å². The summed E-state index contributed by atoms with van der Waals surface area (Å²) >= 11 is 0. The first-order chi connectivity index (χ1) is 12.1. The molecule has 0 bridgehead atoms. The van der Waals surface area contributed by atoms with Crippen molar-refractivity contribution < 1.29 is 27.8 Å². The summed E-state index contributed by atoms with van der Waals surface area (Å²) in [6.45, 7) is 5.02. The average molecular weight is 369 g/mol. The molecule has 9 heteroatoms. The highest BCUT2D eigenvalue weighted by Crippen LogP contribution is 2.23. The molecule has 1 aromatic rings. The second kappa shape index (κ2) is 7.69. The Bertz CT molecular complexity index is 699. The Kier molecular flexibility index (Phi) is 5.81. The number of alkyl carbamates (subject to hydrolysis) is 1.